The highest BCUT2D eigenvalue weighted by Gasteiger charge is 2.34. The summed E-state index contributed by atoms with van der Waals surface area (Å²) in [4.78, 5) is 27.0. The van der Waals surface area contributed by atoms with E-state index in [1.165, 1.54) is 4.90 Å². The number of aryl methyl sites for hydroxylation is 1. The number of carbonyl (C=O) groups is 2. The van der Waals surface area contributed by atoms with E-state index in [4.69, 9.17) is 17.0 Å². The normalized spacial score (nSPS) is 15.1. The predicted octanol–water partition coefficient (Wildman–Crippen LogP) is 5.93. The number of ether oxygens (including phenoxy) is 1. The number of thiocarbonyl (C=S) groups is 1. The van der Waals surface area contributed by atoms with Gasteiger partial charge in [-0.2, -0.15) is 0 Å². The van der Waals surface area contributed by atoms with Crippen LogP contribution in [0, 0.1) is 6.92 Å². The molecule has 3 aromatic carbocycles. The first-order valence-electron chi connectivity index (χ1n) is 9.97. The van der Waals surface area contributed by atoms with E-state index in [2.05, 4.69) is 37.2 Å². The van der Waals surface area contributed by atoms with Crippen LogP contribution < -0.4 is 15.0 Å². The summed E-state index contributed by atoms with van der Waals surface area (Å²) in [5.74, 6) is -0.303. The Morgan fingerprint density at radius 3 is 2.45 bits per heavy atom. The van der Waals surface area contributed by atoms with Crippen LogP contribution in [0.25, 0.3) is 6.08 Å². The number of carbonyl (C=O) groups excluding carboxylic acids is 2. The zero-order chi connectivity index (χ0) is 23.5. The standard InChI is InChI=1S/C25H18Br2N2O3S/c1-15-4-2-3-5-22(15)29-24(31)20(23(30)28-25(29)33)12-16-6-10-19(11-7-16)32-14-17-8-9-18(26)13-21(17)27/h2-13H,14H2,1H3,(H,28,30,33)/b20-12+. The predicted molar refractivity (Wildman–Crippen MR) is 140 cm³/mol. The molecule has 1 N–H and O–H groups in total. The van der Waals surface area contributed by atoms with Gasteiger partial charge in [0.05, 0.1) is 5.69 Å². The lowest BCUT2D eigenvalue weighted by molar-refractivity contribution is -0.122. The Morgan fingerprint density at radius 1 is 1.03 bits per heavy atom. The lowest BCUT2D eigenvalue weighted by atomic mass is 10.1. The van der Waals surface area contributed by atoms with Crippen molar-refractivity contribution in [3.63, 3.8) is 0 Å². The molecule has 1 aliphatic heterocycles. The van der Waals surface area contributed by atoms with E-state index in [0.717, 1.165) is 20.1 Å². The molecular formula is C25H18Br2N2O3S. The van der Waals surface area contributed by atoms with E-state index < -0.39 is 11.8 Å². The molecule has 4 rings (SSSR count). The van der Waals surface area contributed by atoms with Gasteiger partial charge in [0.2, 0.25) is 0 Å². The second-order valence-electron chi connectivity index (χ2n) is 7.34. The van der Waals surface area contributed by atoms with Gasteiger partial charge in [-0.05, 0) is 66.7 Å². The van der Waals surface area contributed by atoms with Crippen LogP contribution in [0.3, 0.4) is 0 Å². The first-order valence-corrected chi connectivity index (χ1v) is 12.0. The van der Waals surface area contributed by atoms with Crippen molar-refractivity contribution in [2.24, 2.45) is 0 Å². The number of nitrogens with one attached hydrogen (secondary N) is 1. The number of halogens is 2. The summed E-state index contributed by atoms with van der Waals surface area (Å²) in [6.07, 6.45) is 1.56. The molecule has 2 amide bonds. The largest absolute Gasteiger partial charge is 0.489 e. The van der Waals surface area contributed by atoms with Crippen molar-refractivity contribution in [3.8, 4) is 5.75 Å². The van der Waals surface area contributed by atoms with Gasteiger partial charge < -0.3 is 4.74 Å². The number of para-hydroxylation sites is 1. The molecule has 5 nitrogen and oxygen atoms in total. The van der Waals surface area contributed by atoms with Crippen LogP contribution in [-0.2, 0) is 16.2 Å². The fraction of sp³-hybridized carbons (Fsp3) is 0.0800. The Bertz CT molecular complexity index is 1290. The van der Waals surface area contributed by atoms with E-state index >= 15 is 0 Å². The first kappa shape index (κ1) is 23.4. The summed E-state index contributed by atoms with van der Waals surface area (Å²) in [7, 11) is 0. The van der Waals surface area contributed by atoms with Crippen molar-refractivity contribution in [1.82, 2.24) is 5.32 Å². The summed E-state index contributed by atoms with van der Waals surface area (Å²) in [6, 6.07) is 20.5. The molecule has 0 unspecified atom stereocenters. The number of hydrogen-bond donors (Lipinski definition) is 1. The Kier molecular flexibility index (Phi) is 7.07. The molecule has 0 bridgehead atoms. The average molecular weight is 586 g/mol. The fourth-order valence-electron chi connectivity index (χ4n) is 3.32. The molecule has 1 aliphatic rings. The van der Waals surface area contributed by atoms with Crippen molar-refractivity contribution >= 4 is 72.8 Å². The van der Waals surface area contributed by atoms with Crippen molar-refractivity contribution in [1.29, 1.82) is 0 Å². The van der Waals surface area contributed by atoms with Crippen molar-refractivity contribution in [2.45, 2.75) is 13.5 Å². The van der Waals surface area contributed by atoms with Gasteiger partial charge in [-0.3, -0.25) is 19.8 Å². The Morgan fingerprint density at radius 2 is 1.76 bits per heavy atom. The third-order valence-corrected chi connectivity index (χ3v) is 6.57. The fourth-order valence-corrected chi connectivity index (χ4v) is 4.75. The average Bonchev–Trinajstić information content (AvgIpc) is 2.78. The van der Waals surface area contributed by atoms with E-state index in [-0.39, 0.29) is 10.7 Å². The van der Waals surface area contributed by atoms with Crippen LogP contribution in [-0.4, -0.2) is 16.9 Å². The van der Waals surface area contributed by atoms with Crippen molar-refractivity contribution in [3.05, 3.63) is 97.9 Å². The van der Waals surface area contributed by atoms with Crippen LogP contribution in [0.2, 0.25) is 0 Å². The highest BCUT2D eigenvalue weighted by molar-refractivity contribution is 9.11. The molecule has 1 fully saturated rings. The van der Waals surface area contributed by atoms with Gasteiger partial charge in [-0.25, -0.2) is 0 Å². The monoisotopic (exact) mass is 584 g/mol. The number of hydrogen-bond acceptors (Lipinski definition) is 4. The zero-order valence-corrected chi connectivity index (χ0v) is 21.5. The van der Waals surface area contributed by atoms with Gasteiger partial charge in [0.25, 0.3) is 11.8 Å². The lowest BCUT2D eigenvalue weighted by Gasteiger charge is -2.30. The SMILES string of the molecule is Cc1ccccc1N1C(=O)/C(=C/c2ccc(OCc3ccc(Br)cc3Br)cc2)C(=O)NC1=S. The van der Waals surface area contributed by atoms with Crippen LogP contribution in [0.5, 0.6) is 5.75 Å². The number of nitrogens with zero attached hydrogens (tertiary/aromatic N) is 1. The zero-order valence-electron chi connectivity index (χ0n) is 17.5. The molecule has 3 aromatic rings. The Balaban J connectivity index is 1.52. The molecule has 0 aliphatic carbocycles. The second-order valence-corrected chi connectivity index (χ2v) is 9.49. The molecule has 0 aromatic heterocycles. The van der Waals surface area contributed by atoms with Gasteiger partial charge >= 0.3 is 0 Å². The molecule has 1 heterocycles. The molecule has 1 saturated heterocycles. The third kappa shape index (κ3) is 5.24. The number of benzene rings is 3. The van der Waals surface area contributed by atoms with E-state index in [1.807, 2.05) is 43.3 Å². The smallest absolute Gasteiger partial charge is 0.270 e. The molecule has 0 spiro atoms. The maximum atomic E-state index is 13.2. The summed E-state index contributed by atoms with van der Waals surface area (Å²) >= 11 is 12.2. The van der Waals surface area contributed by atoms with Gasteiger partial charge in [-0.1, -0.05) is 68.3 Å². The van der Waals surface area contributed by atoms with Crippen LogP contribution in [0.15, 0.2) is 81.2 Å². The van der Waals surface area contributed by atoms with Crippen LogP contribution in [0.4, 0.5) is 5.69 Å². The van der Waals surface area contributed by atoms with Gasteiger partial charge in [-0.15, -0.1) is 0 Å². The van der Waals surface area contributed by atoms with Gasteiger partial charge in [0.15, 0.2) is 5.11 Å². The molecule has 33 heavy (non-hydrogen) atoms. The second kappa shape index (κ2) is 9.99. The lowest BCUT2D eigenvalue weighted by Crippen LogP contribution is -2.54. The van der Waals surface area contributed by atoms with E-state index in [0.29, 0.717) is 23.6 Å². The third-order valence-electron chi connectivity index (χ3n) is 5.06. The molecule has 166 valence electrons. The van der Waals surface area contributed by atoms with Gasteiger partial charge in [0.1, 0.15) is 17.9 Å². The number of anilines is 1. The van der Waals surface area contributed by atoms with Crippen molar-refractivity contribution < 1.29 is 14.3 Å². The Hall–Kier alpha value is -2.81. The first-order chi connectivity index (χ1) is 15.8. The van der Waals surface area contributed by atoms with Gasteiger partial charge in [0, 0.05) is 14.5 Å². The summed E-state index contributed by atoms with van der Waals surface area (Å²) < 4.78 is 7.80. The molecule has 0 saturated carbocycles. The highest BCUT2D eigenvalue weighted by atomic mass is 79.9. The maximum Gasteiger partial charge on any atom is 0.270 e. The topological polar surface area (TPSA) is 58.6 Å². The van der Waals surface area contributed by atoms with E-state index in [9.17, 15) is 9.59 Å². The summed E-state index contributed by atoms with van der Waals surface area (Å²) in [6.45, 7) is 2.29. The minimum Gasteiger partial charge on any atom is -0.489 e. The number of amides is 2. The minimum atomic E-state index is -0.518. The molecule has 8 heteroatoms. The van der Waals surface area contributed by atoms with Crippen molar-refractivity contribution in [2.75, 3.05) is 4.90 Å². The maximum absolute atomic E-state index is 13.2. The summed E-state index contributed by atoms with van der Waals surface area (Å²) in [5.41, 5.74) is 3.24. The Labute approximate surface area is 213 Å². The van der Waals surface area contributed by atoms with E-state index in [1.54, 1.807) is 36.4 Å². The number of rotatable bonds is 5. The minimum absolute atomic E-state index is 0.0133. The molecule has 0 radical (unpaired) electrons. The molecular weight excluding hydrogens is 568 g/mol. The van der Waals surface area contributed by atoms with Crippen LogP contribution >= 0.6 is 44.1 Å². The quantitative estimate of drug-likeness (QED) is 0.229. The molecule has 0 atom stereocenters. The van der Waals surface area contributed by atoms with Crippen LogP contribution in [0.1, 0.15) is 16.7 Å². The summed E-state index contributed by atoms with van der Waals surface area (Å²) in [5, 5.41) is 2.68. The highest BCUT2D eigenvalue weighted by Crippen LogP contribution is 2.26.